The molecule has 2 aliphatic rings. The number of halogens is 3. The van der Waals surface area contributed by atoms with Crippen molar-refractivity contribution >= 4 is 16.9 Å². The molecule has 9 heteroatoms. The Balaban J connectivity index is 1.20. The number of hydrogen-bond acceptors (Lipinski definition) is 3. The number of carbonyl (C=O) groups excluding carboxylic acids is 1. The van der Waals surface area contributed by atoms with Crippen molar-refractivity contribution in [2.75, 3.05) is 13.1 Å². The van der Waals surface area contributed by atoms with Gasteiger partial charge in [0.15, 0.2) is 5.69 Å². The second kappa shape index (κ2) is 7.69. The fraction of sp³-hybridized carbons (Fsp3) is 0.500. The zero-order valence-corrected chi connectivity index (χ0v) is 17.1. The summed E-state index contributed by atoms with van der Waals surface area (Å²) in [6.45, 7) is 1.66. The lowest BCUT2D eigenvalue weighted by molar-refractivity contribution is -0.141. The topological polar surface area (TPSA) is 56.0 Å². The van der Waals surface area contributed by atoms with Gasteiger partial charge in [0.05, 0.1) is 17.1 Å². The number of benzene rings is 1. The van der Waals surface area contributed by atoms with Gasteiger partial charge < -0.3 is 9.47 Å². The fourth-order valence-corrected chi connectivity index (χ4v) is 4.42. The van der Waals surface area contributed by atoms with Crippen LogP contribution in [0.4, 0.5) is 13.2 Å². The number of para-hydroxylation sites is 2. The first kappa shape index (κ1) is 20.1. The number of aromatic nitrogens is 4. The van der Waals surface area contributed by atoms with Crippen molar-refractivity contribution in [2.45, 2.75) is 56.8 Å². The summed E-state index contributed by atoms with van der Waals surface area (Å²) in [5, 5.41) is 3.68. The van der Waals surface area contributed by atoms with Gasteiger partial charge in [0, 0.05) is 38.2 Å². The average Bonchev–Trinajstić information content (AvgIpc) is 3.34. The van der Waals surface area contributed by atoms with Gasteiger partial charge in [-0.2, -0.15) is 18.3 Å². The third-order valence-corrected chi connectivity index (χ3v) is 6.27. The highest BCUT2D eigenvalue weighted by molar-refractivity contribution is 5.78. The zero-order chi connectivity index (χ0) is 21.6. The maximum Gasteiger partial charge on any atom is 0.435 e. The Labute approximate surface area is 177 Å². The number of carbonyl (C=O) groups is 1. The molecule has 0 unspecified atom stereocenters. The summed E-state index contributed by atoms with van der Waals surface area (Å²) in [5.41, 5.74) is 1.16. The van der Waals surface area contributed by atoms with Crippen molar-refractivity contribution in [3.8, 4) is 0 Å². The number of rotatable bonds is 5. The summed E-state index contributed by atoms with van der Waals surface area (Å²) in [6.07, 6.45) is 0.846. The third kappa shape index (κ3) is 4.05. The van der Waals surface area contributed by atoms with Gasteiger partial charge in [-0.25, -0.2) is 4.98 Å². The average molecular weight is 431 g/mol. The number of nitrogens with zero attached hydrogens (tertiary/aromatic N) is 5. The Hall–Kier alpha value is -2.84. The molecule has 1 aliphatic heterocycles. The van der Waals surface area contributed by atoms with E-state index in [0.29, 0.717) is 44.8 Å². The van der Waals surface area contributed by atoms with Crippen LogP contribution in [0.2, 0.25) is 0 Å². The molecular formula is C22H24F3N5O. The first-order valence-electron chi connectivity index (χ1n) is 10.8. The number of amides is 1. The Morgan fingerprint density at radius 2 is 1.81 bits per heavy atom. The van der Waals surface area contributed by atoms with Crippen molar-refractivity contribution in [2.24, 2.45) is 0 Å². The molecule has 6 nitrogen and oxygen atoms in total. The predicted molar refractivity (Wildman–Crippen MR) is 108 cm³/mol. The molecule has 164 valence electrons. The molecule has 1 saturated heterocycles. The Bertz CT molecular complexity index is 1090. The summed E-state index contributed by atoms with van der Waals surface area (Å²) in [6, 6.07) is 8.91. The van der Waals surface area contributed by atoms with Crippen molar-refractivity contribution in [3.05, 3.63) is 48.0 Å². The van der Waals surface area contributed by atoms with Crippen LogP contribution in [0.1, 0.15) is 55.6 Å². The molecule has 0 spiro atoms. The lowest BCUT2D eigenvalue weighted by Gasteiger charge is -2.32. The second-order valence-corrected chi connectivity index (χ2v) is 8.43. The van der Waals surface area contributed by atoms with E-state index < -0.39 is 11.9 Å². The third-order valence-electron chi connectivity index (χ3n) is 6.27. The molecule has 5 rings (SSSR count). The lowest BCUT2D eigenvalue weighted by Crippen LogP contribution is -2.39. The highest BCUT2D eigenvalue weighted by Gasteiger charge is 2.35. The number of alkyl halides is 3. The molecule has 1 amide bonds. The van der Waals surface area contributed by atoms with Gasteiger partial charge in [0.25, 0.3) is 0 Å². The smallest absolute Gasteiger partial charge is 0.342 e. The minimum atomic E-state index is -4.43. The van der Waals surface area contributed by atoms with Crippen LogP contribution in [0.3, 0.4) is 0 Å². The van der Waals surface area contributed by atoms with E-state index in [1.165, 1.54) is 10.9 Å². The van der Waals surface area contributed by atoms with Crippen molar-refractivity contribution in [3.63, 3.8) is 0 Å². The molecule has 0 bridgehead atoms. The van der Waals surface area contributed by atoms with Gasteiger partial charge in [0.1, 0.15) is 5.82 Å². The minimum Gasteiger partial charge on any atom is -0.342 e. The van der Waals surface area contributed by atoms with Crippen molar-refractivity contribution in [1.29, 1.82) is 0 Å². The summed E-state index contributed by atoms with van der Waals surface area (Å²) in [4.78, 5) is 19.4. The molecule has 0 radical (unpaired) electrons. The Morgan fingerprint density at radius 1 is 1.06 bits per heavy atom. The quantitative estimate of drug-likeness (QED) is 0.602. The number of piperidine rings is 1. The first-order chi connectivity index (χ1) is 14.9. The first-order valence-corrected chi connectivity index (χ1v) is 10.8. The molecule has 0 N–H and O–H groups in total. The van der Waals surface area contributed by atoms with E-state index >= 15 is 0 Å². The summed E-state index contributed by atoms with van der Waals surface area (Å²) < 4.78 is 41.9. The Kier molecular flexibility index (Phi) is 4.98. The molecule has 0 atom stereocenters. The molecule has 2 fully saturated rings. The number of hydrogen-bond donors (Lipinski definition) is 0. The van der Waals surface area contributed by atoms with E-state index in [-0.39, 0.29) is 11.9 Å². The van der Waals surface area contributed by atoms with Crippen LogP contribution in [0.15, 0.2) is 36.5 Å². The highest BCUT2D eigenvalue weighted by Crippen LogP contribution is 2.40. The SMILES string of the molecule is O=C(CCn1c(C2CC2)nc2ccccc21)N1CCC(n2ccc(C(F)(F)F)n2)CC1. The van der Waals surface area contributed by atoms with Gasteiger partial charge in [-0.05, 0) is 43.9 Å². The molecule has 2 aromatic heterocycles. The summed E-state index contributed by atoms with van der Waals surface area (Å²) in [7, 11) is 0. The van der Waals surface area contributed by atoms with E-state index in [1.807, 2.05) is 29.2 Å². The van der Waals surface area contributed by atoms with Gasteiger partial charge in [-0.1, -0.05) is 12.1 Å². The maximum atomic E-state index is 12.8. The second-order valence-electron chi connectivity index (χ2n) is 8.43. The normalized spacial score (nSPS) is 18.1. The van der Waals surface area contributed by atoms with Gasteiger partial charge >= 0.3 is 6.18 Å². The van der Waals surface area contributed by atoms with Crippen LogP contribution in [0.25, 0.3) is 11.0 Å². The minimum absolute atomic E-state index is 0.0782. The number of fused-ring (bicyclic) bond motifs is 1. The van der Waals surface area contributed by atoms with Crippen LogP contribution in [-0.2, 0) is 17.5 Å². The fourth-order valence-electron chi connectivity index (χ4n) is 4.42. The van der Waals surface area contributed by atoms with Crippen LogP contribution in [-0.4, -0.2) is 43.2 Å². The summed E-state index contributed by atoms with van der Waals surface area (Å²) in [5.74, 6) is 1.65. The number of aryl methyl sites for hydroxylation is 1. The molecule has 3 aromatic rings. The monoisotopic (exact) mass is 431 g/mol. The van der Waals surface area contributed by atoms with E-state index in [9.17, 15) is 18.0 Å². The molecule has 31 heavy (non-hydrogen) atoms. The molecule has 1 saturated carbocycles. The number of imidazole rings is 1. The van der Waals surface area contributed by atoms with Crippen molar-refractivity contribution in [1.82, 2.24) is 24.2 Å². The Morgan fingerprint density at radius 3 is 2.48 bits per heavy atom. The maximum absolute atomic E-state index is 12.8. The van der Waals surface area contributed by atoms with Crippen molar-refractivity contribution < 1.29 is 18.0 Å². The zero-order valence-electron chi connectivity index (χ0n) is 17.1. The van der Waals surface area contributed by atoms with E-state index in [0.717, 1.165) is 35.8 Å². The van der Waals surface area contributed by atoms with Crippen LogP contribution in [0.5, 0.6) is 0 Å². The summed E-state index contributed by atoms with van der Waals surface area (Å²) >= 11 is 0. The molecule has 1 aromatic carbocycles. The molecule has 1 aliphatic carbocycles. The molecule has 3 heterocycles. The van der Waals surface area contributed by atoms with E-state index in [4.69, 9.17) is 4.98 Å². The van der Waals surface area contributed by atoms with Gasteiger partial charge in [-0.3, -0.25) is 9.48 Å². The van der Waals surface area contributed by atoms with Crippen LogP contribution in [0, 0.1) is 0 Å². The van der Waals surface area contributed by atoms with Crippen LogP contribution < -0.4 is 0 Å². The molecular weight excluding hydrogens is 407 g/mol. The highest BCUT2D eigenvalue weighted by atomic mass is 19.4. The standard InChI is InChI=1S/C22H24F3N5O/c23-22(24,25)19-9-14-30(27-19)16-7-11-28(12-8-16)20(31)10-13-29-18-4-2-1-3-17(18)26-21(29)15-5-6-15/h1-4,9,14-16H,5-8,10-13H2. The van der Waals surface area contributed by atoms with Crippen LogP contribution >= 0.6 is 0 Å². The van der Waals surface area contributed by atoms with E-state index in [2.05, 4.69) is 9.67 Å². The van der Waals surface area contributed by atoms with Gasteiger partial charge in [0.2, 0.25) is 5.91 Å². The predicted octanol–water partition coefficient (Wildman–Crippen LogP) is 4.38. The lowest BCUT2D eigenvalue weighted by atomic mass is 10.0. The number of likely N-dealkylation sites (tertiary alicyclic amines) is 1. The van der Waals surface area contributed by atoms with E-state index in [1.54, 1.807) is 0 Å². The largest absolute Gasteiger partial charge is 0.435 e. The van der Waals surface area contributed by atoms with Gasteiger partial charge in [-0.15, -0.1) is 0 Å².